The molecule has 3 saturated heterocycles. The number of rotatable bonds is 6. The quantitative estimate of drug-likeness (QED) is 0.650. The molecule has 0 aliphatic carbocycles. The lowest BCUT2D eigenvalue weighted by Gasteiger charge is -2.37. The van der Waals surface area contributed by atoms with Crippen LogP contribution in [0.15, 0.2) is 24.3 Å². The first kappa shape index (κ1) is 22.7. The van der Waals surface area contributed by atoms with Crippen LogP contribution in [0, 0.1) is 11.3 Å². The molecule has 0 aromatic heterocycles. The van der Waals surface area contributed by atoms with Gasteiger partial charge in [0.05, 0.1) is 5.41 Å². The average molecular weight is 429 g/mol. The van der Waals surface area contributed by atoms with Gasteiger partial charge in [-0.15, -0.1) is 0 Å². The average Bonchev–Trinajstić information content (AvgIpc) is 3.10. The summed E-state index contributed by atoms with van der Waals surface area (Å²) in [7, 11) is 2.22. The van der Waals surface area contributed by atoms with Crippen LogP contribution in [0.1, 0.15) is 56.6 Å². The SMILES string of the molecule is CC1NNC(C)C1CNC(=O)C1(Cc2cccc(C3CCCN(C)C3)c2)CCOCC1. The number of nitrogens with zero attached hydrogens (tertiary/aromatic N) is 1. The number of ether oxygens (including phenoxy) is 1. The number of likely N-dealkylation sites (N-methyl/N-ethyl adjacent to an activating group) is 1. The largest absolute Gasteiger partial charge is 0.381 e. The molecule has 1 amide bonds. The number of hydrogen-bond donors (Lipinski definition) is 3. The fourth-order valence-electron chi connectivity index (χ4n) is 5.69. The Balaban J connectivity index is 1.46. The van der Waals surface area contributed by atoms with E-state index in [4.69, 9.17) is 4.74 Å². The van der Waals surface area contributed by atoms with Crippen LogP contribution in [0.25, 0.3) is 0 Å². The van der Waals surface area contributed by atoms with Crippen molar-refractivity contribution < 1.29 is 9.53 Å². The maximum absolute atomic E-state index is 13.5. The summed E-state index contributed by atoms with van der Waals surface area (Å²) in [5, 5.41) is 3.32. The van der Waals surface area contributed by atoms with Gasteiger partial charge in [-0.05, 0) is 76.6 Å². The second-order valence-corrected chi connectivity index (χ2v) is 10.2. The third-order valence-corrected chi connectivity index (χ3v) is 7.84. The van der Waals surface area contributed by atoms with Gasteiger partial charge in [0.2, 0.25) is 5.91 Å². The van der Waals surface area contributed by atoms with E-state index in [1.54, 1.807) is 0 Å². The van der Waals surface area contributed by atoms with Crippen molar-refractivity contribution in [3.63, 3.8) is 0 Å². The second-order valence-electron chi connectivity index (χ2n) is 10.2. The van der Waals surface area contributed by atoms with Crippen LogP contribution in [0.5, 0.6) is 0 Å². The fourth-order valence-corrected chi connectivity index (χ4v) is 5.69. The first-order chi connectivity index (χ1) is 15.0. The Hall–Kier alpha value is -1.47. The van der Waals surface area contributed by atoms with E-state index in [1.165, 1.54) is 30.5 Å². The Bertz CT molecular complexity index is 739. The van der Waals surface area contributed by atoms with Gasteiger partial charge in [-0.2, -0.15) is 0 Å². The Morgan fingerprint density at radius 2 is 1.97 bits per heavy atom. The van der Waals surface area contributed by atoms with Crippen molar-refractivity contribution in [3.05, 3.63) is 35.4 Å². The van der Waals surface area contributed by atoms with Crippen LogP contribution in [-0.2, 0) is 16.0 Å². The molecule has 1 aromatic rings. The molecule has 0 spiro atoms. The lowest BCUT2D eigenvalue weighted by Crippen LogP contribution is -2.48. The maximum atomic E-state index is 13.5. The van der Waals surface area contributed by atoms with E-state index >= 15 is 0 Å². The molecule has 3 N–H and O–H groups in total. The van der Waals surface area contributed by atoms with E-state index in [0.29, 0.717) is 43.7 Å². The number of likely N-dealkylation sites (tertiary alicyclic amines) is 1. The first-order valence-electron chi connectivity index (χ1n) is 12.1. The minimum atomic E-state index is -0.369. The molecule has 3 unspecified atom stereocenters. The van der Waals surface area contributed by atoms with Gasteiger partial charge < -0.3 is 15.0 Å². The number of nitrogens with one attached hydrogen (secondary N) is 3. The van der Waals surface area contributed by atoms with E-state index in [-0.39, 0.29) is 11.3 Å². The van der Waals surface area contributed by atoms with E-state index in [2.05, 4.69) is 66.2 Å². The van der Waals surface area contributed by atoms with Crippen molar-refractivity contribution in [1.82, 2.24) is 21.1 Å². The zero-order chi connectivity index (χ0) is 21.8. The number of hydrogen-bond acceptors (Lipinski definition) is 5. The molecule has 3 fully saturated rings. The first-order valence-corrected chi connectivity index (χ1v) is 12.1. The van der Waals surface area contributed by atoms with Gasteiger partial charge in [0.1, 0.15) is 0 Å². The number of piperidine rings is 1. The summed E-state index contributed by atoms with van der Waals surface area (Å²) in [5.74, 6) is 1.20. The molecular weight excluding hydrogens is 388 g/mol. The number of amides is 1. The highest BCUT2D eigenvalue weighted by Crippen LogP contribution is 2.36. The van der Waals surface area contributed by atoms with E-state index in [1.807, 2.05) is 0 Å². The predicted octanol–water partition coefficient (Wildman–Crippen LogP) is 2.45. The van der Waals surface area contributed by atoms with Crippen molar-refractivity contribution in [2.75, 3.05) is 39.9 Å². The van der Waals surface area contributed by atoms with Crippen LogP contribution >= 0.6 is 0 Å². The summed E-state index contributed by atoms with van der Waals surface area (Å²) in [6.07, 6.45) is 4.90. The molecule has 6 heteroatoms. The summed E-state index contributed by atoms with van der Waals surface area (Å²) >= 11 is 0. The smallest absolute Gasteiger partial charge is 0.226 e. The Kier molecular flexibility index (Phi) is 7.32. The van der Waals surface area contributed by atoms with Crippen LogP contribution in [0.4, 0.5) is 0 Å². The highest BCUT2D eigenvalue weighted by Gasteiger charge is 2.41. The molecule has 4 rings (SSSR count). The third-order valence-electron chi connectivity index (χ3n) is 7.84. The molecule has 172 valence electrons. The minimum absolute atomic E-state index is 0.199. The molecule has 6 nitrogen and oxygen atoms in total. The van der Waals surface area contributed by atoms with Crippen molar-refractivity contribution in [3.8, 4) is 0 Å². The maximum Gasteiger partial charge on any atom is 0.226 e. The second kappa shape index (κ2) is 9.99. The van der Waals surface area contributed by atoms with E-state index < -0.39 is 0 Å². The van der Waals surface area contributed by atoms with Gasteiger partial charge in [-0.3, -0.25) is 15.6 Å². The summed E-state index contributed by atoms with van der Waals surface area (Å²) in [6.45, 7) is 8.71. The molecule has 0 saturated carbocycles. The normalized spacial score (nSPS) is 31.5. The van der Waals surface area contributed by atoms with Gasteiger partial charge in [0.25, 0.3) is 0 Å². The zero-order valence-corrected chi connectivity index (χ0v) is 19.5. The number of hydrazine groups is 1. The van der Waals surface area contributed by atoms with Crippen molar-refractivity contribution in [1.29, 1.82) is 0 Å². The van der Waals surface area contributed by atoms with Crippen molar-refractivity contribution in [2.24, 2.45) is 11.3 Å². The third kappa shape index (κ3) is 5.30. The van der Waals surface area contributed by atoms with E-state index in [0.717, 1.165) is 25.8 Å². The molecule has 0 radical (unpaired) electrons. The van der Waals surface area contributed by atoms with Gasteiger partial charge >= 0.3 is 0 Å². The van der Waals surface area contributed by atoms with Gasteiger partial charge in [0.15, 0.2) is 0 Å². The molecule has 0 bridgehead atoms. The fraction of sp³-hybridized carbons (Fsp3) is 0.720. The molecule has 3 aliphatic rings. The van der Waals surface area contributed by atoms with Crippen LogP contribution < -0.4 is 16.2 Å². The topological polar surface area (TPSA) is 65.6 Å². The molecule has 3 heterocycles. The van der Waals surface area contributed by atoms with Crippen LogP contribution in [0.3, 0.4) is 0 Å². The van der Waals surface area contributed by atoms with Crippen molar-refractivity contribution in [2.45, 2.75) is 64.0 Å². The van der Waals surface area contributed by atoms with Crippen LogP contribution in [-0.4, -0.2) is 62.8 Å². The molecular formula is C25H40N4O2. The van der Waals surface area contributed by atoms with Gasteiger partial charge in [-0.25, -0.2) is 0 Å². The van der Waals surface area contributed by atoms with Crippen LogP contribution in [0.2, 0.25) is 0 Å². The lowest BCUT2D eigenvalue weighted by molar-refractivity contribution is -0.136. The minimum Gasteiger partial charge on any atom is -0.381 e. The highest BCUT2D eigenvalue weighted by molar-refractivity contribution is 5.83. The number of carbonyl (C=O) groups is 1. The van der Waals surface area contributed by atoms with Gasteiger partial charge in [-0.1, -0.05) is 24.3 Å². The van der Waals surface area contributed by atoms with E-state index in [9.17, 15) is 4.79 Å². The zero-order valence-electron chi connectivity index (χ0n) is 19.5. The molecule has 3 atom stereocenters. The summed E-state index contributed by atoms with van der Waals surface area (Å²) in [6, 6.07) is 9.73. The molecule has 3 aliphatic heterocycles. The number of benzene rings is 1. The summed E-state index contributed by atoms with van der Waals surface area (Å²) in [4.78, 5) is 15.9. The summed E-state index contributed by atoms with van der Waals surface area (Å²) < 4.78 is 5.65. The predicted molar refractivity (Wildman–Crippen MR) is 124 cm³/mol. The Morgan fingerprint density at radius 1 is 1.23 bits per heavy atom. The molecule has 1 aromatic carbocycles. The monoisotopic (exact) mass is 428 g/mol. The highest BCUT2D eigenvalue weighted by atomic mass is 16.5. The Labute approximate surface area is 187 Å². The Morgan fingerprint density at radius 3 is 2.68 bits per heavy atom. The molecule has 31 heavy (non-hydrogen) atoms. The standard InChI is InChI=1S/C25H40N4O2/c1-18-23(19(2)28-27-18)16-26-24(30)25(9-12-31-13-10-25)15-20-6-4-7-21(14-20)22-8-5-11-29(3)17-22/h4,6-7,14,18-19,22-23,27-28H,5,8-13,15-17H2,1-3H3,(H,26,30). The lowest BCUT2D eigenvalue weighted by atomic mass is 9.73. The van der Waals surface area contributed by atoms with Gasteiger partial charge in [0, 0.05) is 44.3 Å². The van der Waals surface area contributed by atoms with Crippen molar-refractivity contribution >= 4 is 5.91 Å². The summed E-state index contributed by atoms with van der Waals surface area (Å²) in [5.41, 5.74) is 8.92. The number of carbonyl (C=O) groups excluding carboxylic acids is 1.